The average Bonchev–Trinajstić information content (AvgIpc) is 2.27. The quantitative estimate of drug-likeness (QED) is 0.391. The fourth-order valence-corrected chi connectivity index (χ4v) is 1.53. The van der Waals surface area contributed by atoms with Gasteiger partial charge in [-0.2, -0.15) is 0 Å². The molecule has 2 nitrogen and oxygen atoms in total. The molecule has 2 radical (unpaired) electrons. The molecular weight excluding hydrogens is 214 g/mol. The summed E-state index contributed by atoms with van der Waals surface area (Å²) in [5.74, 6) is 0. The summed E-state index contributed by atoms with van der Waals surface area (Å²) >= 11 is 0. The molecule has 0 N–H and O–H groups in total. The second-order valence-corrected chi connectivity index (χ2v) is 4.24. The molecule has 0 rings (SSSR count). The summed E-state index contributed by atoms with van der Waals surface area (Å²) in [6.45, 7) is 7.58. The molecule has 0 bridgehead atoms. The van der Waals surface area contributed by atoms with Crippen LogP contribution < -0.4 is 0 Å². The maximum atomic E-state index is 5.06. The van der Waals surface area contributed by atoms with E-state index in [4.69, 9.17) is 4.43 Å². The number of rotatable bonds is 6. The van der Waals surface area contributed by atoms with E-state index in [1.807, 2.05) is 6.92 Å². The third-order valence-electron chi connectivity index (χ3n) is 1.73. The predicted molar refractivity (Wildman–Crippen MR) is 68.6 cm³/mol. The third-order valence-corrected chi connectivity index (χ3v) is 2.36. The van der Waals surface area contributed by atoms with Gasteiger partial charge in [-0.1, -0.05) is 19.1 Å². The molecule has 0 fully saturated rings. The summed E-state index contributed by atoms with van der Waals surface area (Å²) in [6.07, 6.45) is 3.34. The lowest BCUT2D eigenvalue weighted by Crippen LogP contribution is -2.00. The molecule has 0 atom stereocenters. The molecule has 16 heavy (non-hydrogen) atoms. The Morgan fingerprint density at radius 1 is 1.44 bits per heavy atom. The highest BCUT2D eigenvalue weighted by Crippen LogP contribution is 2.00. The molecule has 0 aromatic rings. The number of aliphatic imine (C=N–C) groups is 1. The van der Waals surface area contributed by atoms with Crippen molar-refractivity contribution in [2.75, 3.05) is 7.11 Å². The highest BCUT2D eigenvalue weighted by Gasteiger charge is 1.98. The van der Waals surface area contributed by atoms with E-state index in [9.17, 15) is 0 Å². The van der Waals surface area contributed by atoms with E-state index >= 15 is 0 Å². The van der Waals surface area contributed by atoms with Gasteiger partial charge in [0.2, 0.25) is 0 Å². The van der Waals surface area contributed by atoms with Crippen LogP contribution in [0.3, 0.4) is 0 Å². The van der Waals surface area contributed by atoms with Crippen LogP contribution in [0.15, 0.2) is 39.8 Å². The SMILES string of the molecule is C=C=C=C=C=C(N=C(C)CCCC)[Si]OC. The Labute approximate surface area is 100 Å². The first kappa shape index (κ1) is 14.7. The lowest BCUT2D eigenvalue weighted by molar-refractivity contribution is 0.447. The van der Waals surface area contributed by atoms with Crippen LogP contribution in [0.1, 0.15) is 33.1 Å². The van der Waals surface area contributed by atoms with Crippen LogP contribution in [-0.2, 0) is 4.43 Å². The predicted octanol–water partition coefficient (Wildman–Crippen LogP) is 2.99. The van der Waals surface area contributed by atoms with Crippen LogP contribution in [0.5, 0.6) is 0 Å². The van der Waals surface area contributed by atoms with E-state index in [1.54, 1.807) is 7.11 Å². The maximum Gasteiger partial charge on any atom is 0.302 e. The first-order valence-electron chi connectivity index (χ1n) is 5.22. The maximum absolute atomic E-state index is 5.06. The van der Waals surface area contributed by atoms with Crippen LogP contribution in [0.2, 0.25) is 0 Å². The number of unbranched alkanes of at least 4 members (excludes halogenated alkanes) is 1. The normalized spacial score (nSPS) is 9.81. The second kappa shape index (κ2) is 10.2. The fraction of sp³-hybridized carbons (Fsp3) is 0.462. The summed E-state index contributed by atoms with van der Waals surface area (Å²) in [7, 11) is 1.83. The monoisotopic (exact) mass is 231 g/mol. The van der Waals surface area contributed by atoms with Gasteiger partial charge < -0.3 is 4.43 Å². The van der Waals surface area contributed by atoms with Gasteiger partial charge >= 0.3 is 9.76 Å². The van der Waals surface area contributed by atoms with Crippen LogP contribution in [-0.4, -0.2) is 22.6 Å². The summed E-state index contributed by atoms with van der Waals surface area (Å²) < 4.78 is 5.06. The summed E-state index contributed by atoms with van der Waals surface area (Å²) in [5, 5.41) is 0.749. The Morgan fingerprint density at radius 3 is 2.75 bits per heavy atom. The van der Waals surface area contributed by atoms with Crippen molar-refractivity contribution in [3.05, 3.63) is 34.8 Å². The van der Waals surface area contributed by atoms with E-state index in [-0.39, 0.29) is 9.76 Å². The van der Waals surface area contributed by atoms with Gasteiger partial charge in [-0.25, -0.2) is 0 Å². The zero-order valence-corrected chi connectivity index (χ0v) is 11.2. The van der Waals surface area contributed by atoms with Crippen LogP contribution in [0, 0.1) is 0 Å². The van der Waals surface area contributed by atoms with Gasteiger partial charge in [0.1, 0.15) is 5.32 Å². The first-order chi connectivity index (χ1) is 7.74. The summed E-state index contributed by atoms with van der Waals surface area (Å²) in [6, 6.07) is 0. The van der Waals surface area contributed by atoms with E-state index < -0.39 is 0 Å². The van der Waals surface area contributed by atoms with Crippen LogP contribution in [0.25, 0.3) is 0 Å². The van der Waals surface area contributed by atoms with Crippen molar-refractivity contribution in [3.63, 3.8) is 0 Å². The average molecular weight is 231 g/mol. The van der Waals surface area contributed by atoms with Gasteiger partial charge in [-0.05, 0) is 43.5 Å². The smallest absolute Gasteiger partial charge is 0.302 e. The van der Waals surface area contributed by atoms with E-state index in [2.05, 4.69) is 41.4 Å². The Balaban J connectivity index is 4.87. The molecule has 0 aromatic heterocycles. The molecule has 0 heterocycles. The van der Waals surface area contributed by atoms with Crippen molar-refractivity contribution in [2.45, 2.75) is 33.1 Å². The molecule has 84 valence electrons. The van der Waals surface area contributed by atoms with Crippen molar-refractivity contribution in [2.24, 2.45) is 4.99 Å². The standard InChI is InChI=1S/C13H17NOSi/c1-5-7-9-11-13(16-15-4)14-12(3)10-8-6-2/h1,6,8,10H2,2-4H3. The van der Waals surface area contributed by atoms with Crippen molar-refractivity contribution in [1.82, 2.24) is 0 Å². The van der Waals surface area contributed by atoms with Gasteiger partial charge in [0, 0.05) is 12.8 Å². The van der Waals surface area contributed by atoms with Gasteiger partial charge in [0.25, 0.3) is 0 Å². The van der Waals surface area contributed by atoms with E-state index in [0.717, 1.165) is 23.9 Å². The number of hydrogen-bond acceptors (Lipinski definition) is 2. The van der Waals surface area contributed by atoms with Crippen molar-refractivity contribution < 1.29 is 4.43 Å². The van der Waals surface area contributed by atoms with Gasteiger partial charge in [-0.15, -0.1) is 0 Å². The molecule has 0 saturated carbocycles. The molecule has 0 aliphatic heterocycles. The highest BCUT2D eigenvalue weighted by molar-refractivity contribution is 6.38. The molecule has 0 spiro atoms. The Hall–Kier alpha value is -1.29. The largest absolute Gasteiger partial charge is 0.413 e. The summed E-state index contributed by atoms with van der Waals surface area (Å²) in [4.78, 5) is 4.43. The summed E-state index contributed by atoms with van der Waals surface area (Å²) in [5.41, 5.74) is 11.7. The molecule has 0 unspecified atom stereocenters. The van der Waals surface area contributed by atoms with Crippen LogP contribution in [0.4, 0.5) is 0 Å². The van der Waals surface area contributed by atoms with Gasteiger partial charge in [0.05, 0.1) is 0 Å². The molecule has 0 amide bonds. The zero-order chi connectivity index (χ0) is 12.2. The van der Waals surface area contributed by atoms with E-state index in [1.165, 1.54) is 6.42 Å². The Kier molecular flexibility index (Phi) is 9.41. The molecule has 0 aliphatic carbocycles. The number of hydrogen-bond donors (Lipinski definition) is 0. The van der Waals surface area contributed by atoms with Crippen molar-refractivity contribution in [3.8, 4) is 0 Å². The minimum Gasteiger partial charge on any atom is -0.413 e. The lowest BCUT2D eigenvalue weighted by atomic mass is 10.2. The fourth-order valence-electron chi connectivity index (χ4n) is 0.987. The Bertz CT molecular complexity index is 386. The second-order valence-electron chi connectivity index (χ2n) is 3.16. The van der Waals surface area contributed by atoms with Gasteiger partial charge in [-0.3, -0.25) is 4.99 Å². The van der Waals surface area contributed by atoms with E-state index in [0.29, 0.717) is 0 Å². The van der Waals surface area contributed by atoms with Crippen molar-refractivity contribution in [1.29, 1.82) is 0 Å². The Morgan fingerprint density at radius 2 is 2.19 bits per heavy atom. The van der Waals surface area contributed by atoms with Gasteiger partial charge in [0.15, 0.2) is 0 Å². The minimum absolute atomic E-state index is 0.183. The van der Waals surface area contributed by atoms with Crippen LogP contribution >= 0.6 is 0 Å². The minimum atomic E-state index is 0.183. The third kappa shape index (κ3) is 8.05. The number of nitrogens with zero attached hydrogens (tertiary/aromatic N) is 1. The topological polar surface area (TPSA) is 21.6 Å². The molecule has 0 aliphatic rings. The molecule has 0 aromatic carbocycles. The first-order valence-corrected chi connectivity index (χ1v) is 6.13. The molecular formula is C13H17NOSi. The molecule has 3 heteroatoms. The van der Waals surface area contributed by atoms with Crippen molar-refractivity contribution >= 4 is 15.5 Å². The highest BCUT2D eigenvalue weighted by atomic mass is 28.2. The zero-order valence-electron chi connectivity index (χ0n) is 10.2. The molecule has 0 saturated heterocycles. The lowest BCUT2D eigenvalue weighted by Gasteiger charge is -1.99.